The van der Waals surface area contributed by atoms with Gasteiger partial charge in [-0.2, -0.15) is 0 Å². The molecule has 18 heavy (non-hydrogen) atoms. The number of hydrogen-bond donors (Lipinski definition) is 0. The number of nitrogens with zero attached hydrogens (tertiary/aromatic N) is 1. The van der Waals surface area contributed by atoms with Crippen molar-refractivity contribution in [2.75, 3.05) is 13.1 Å². The van der Waals surface area contributed by atoms with Crippen LogP contribution in [0.2, 0.25) is 0 Å². The predicted molar refractivity (Wildman–Crippen MR) is 71.5 cm³/mol. The van der Waals surface area contributed by atoms with Gasteiger partial charge < -0.3 is 9.64 Å². The fourth-order valence-electron chi connectivity index (χ4n) is 2.31. The van der Waals surface area contributed by atoms with Gasteiger partial charge in [-0.1, -0.05) is 30.3 Å². The Morgan fingerprint density at radius 2 is 1.89 bits per heavy atom. The minimum Gasteiger partial charge on any atom is -0.446 e. The molecule has 0 N–H and O–H groups in total. The van der Waals surface area contributed by atoms with E-state index in [0.717, 1.165) is 32.4 Å². The first kappa shape index (κ1) is 12.9. The van der Waals surface area contributed by atoms with E-state index in [1.165, 1.54) is 12.0 Å². The van der Waals surface area contributed by atoms with Gasteiger partial charge in [-0.05, 0) is 31.7 Å². The molecule has 0 unspecified atom stereocenters. The summed E-state index contributed by atoms with van der Waals surface area (Å²) in [7, 11) is 0. The van der Waals surface area contributed by atoms with Crippen molar-refractivity contribution >= 4 is 6.09 Å². The third kappa shape index (κ3) is 3.76. The summed E-state index contributed by atoms with van der Waals surface area (Å²) in [5.74, 6) is 0. The molecule has 1 heterocycles. The van der Waals surface area contributed by atoms with Crippen LogP contribution in [-0.4, -0.2) is 30.2 Å². The summed E-state index contributed by atoms with van der Waals surface area (Å²) in [6.07, 6.45) is 3.98. The maximum absolute atomic E-state index is 11.9. The monoisotopic (exact) mass is 247 g/mol. The summed E-state index contributed by atoms with van der Waals surface area (Å²) in [5, 5.41) is 0. The Morgan fingerprint density at radius 3 is 2.56 bits per heavy atom. The quantitative estimate of drug-likeness (QED) is 0.820. The molecule has 1 fully saturated rings. The van der Waals surface area contributed by atoms with Gasteiger partial charge in [0.05, 0.1) is 0 Å². The zero-order chi connectivity index (χ0) is 12.8. The molecule has 0 aliphatic carbocycles. The van der Waals surface area contributed by atoms with Crippen LogP contribution in [0.5, 0.6) is 0 Å². The number of rotatable bonds is 3. The van der Waals surface area contributed by atoms with Gasteiger partial charge in [-0.25, -0.2) is 4.79 Å². The fraction of sp³-hybridized carbons (Fsp3) is 0.533. The molecule has 0 spiro atoms. The Kier molecular flexibility index (Phi) is 4.62. The number of carbonyl (C=O) groups is 1. The van der Waals surface area contributed by atoms with Crippen molar-refractivity contribution in [3.63, 3.8) is 0 Å². The average Bonchev–Trinajstić information content (AvgIpc) is 2.40. The van der Waals surface area contributed by atoms with Gasteiger partial charge in [-0.15, -0.1) is 0 Å². The van der Waals surface area contributed by atoms with Crippen molar-refractivity contribution in [3.05, 3.63) is 35.9 Å². The lowest BCUT2D eigenvalue weighted by atomic mass is 10.1. The van der Waals surface area contributed by atoms with Gasteiger partial charge in [-0.3, -0.25) is 0 Å². The highest BCUT2D eigenvalue weighted by Gasteiger charge is 2.19. The molecule has 0 radical (unpaired) electrons. The molecule has 1 aromatic carbocycles. The number of benzene rings is 1. The van der Waals surface area contributed by atoms with E-state index in [1.807, 2.05) is 30.0 Å². The largest absolute Gasteiger partial charge is 0.446 e. The van der Waals surface area contributed by atoms with E-state index in [2.05, 4.69) is 12.1 Å². The maximum atomic E-state index is 11.9. The van der Waals surface area contributed by atoms with Crippen molar-refractivity contribution in [2.45, 2.75) is 38.7 Å². The number of carbonyl (C=O) groups excluding carboxylic acids is 1. The SMILES string of the molecule is C[C@@H](Cc1ccccc1)OC(=O)N1CCCCC1. The second-order valence-corrected chi connectivity index (χ2v) is 4.93. The molecule has 1 aromatic rings. The van der Waals surface area contributed by atoms with E-state index in [0.29, 0.717) is 0 Å². The minimum absolute atomic E-state index is 0.0678. The lowest BCUT2D eigenvalue weighted by Crippen LogP contribution is -2.37. The Morgan fingerprint density at radius 1 is 1.22 bits per heavy atom. The molecule has 3 nitrogen and oxygen atoms in total. The van der Waals surface area contributed by atoms with Crippen LogP contribution in [0.3, 0.4) is 0 Å². The van der Waals surface area contributed by atoms with Gasteiger partial charge in [0.1, 0.15) is 6.10 Å². The average molecular weight is 247 g/mol. The van der Waals surface area contributed by atoms with E-state index in [-0.39, 0.29) is 12.2 Å². The predicted octanol–water partition coefficient (Wildman–Crippen LogP) is 3.24. The van der Waals surface area contributed by atoms with E-state index in [9.17, 15) is 4.79 Å². The van der Waals surface area contributed by atoms with Gasteiger partial charge in [0, 0.05) is 19.5 Å². The minimum atomic E-state index is -0.155. The Labute approximate surface area is 109 Å². The molecule has 1 saturated heterocycles. The standard InChI is InChI=1S/C15H21NO2/c1-13(12-14-8-4-2-5-9-14)18-15(17)16-10-6-3-7-11-16/h2,4-5,8-9,13H,3,6-7,10-12H2,1H3/t13-/m0/s1. The summed E-state index contributed by atoms with van der Waals surface area (Å²) in [4.78, 5) is 13.7. The first-order valence-corrected chi connectivity index (χ1v) is 6.75. The highest BCUT2D eigenvalue weighted by molar-refractivity contribution is 5.67. The zero-order valence-corrected chi connectivity index (χ0v) is 11.0. The first-order valence-electron chi connectivity index (χ1n) is 6.75. The lowest BCUT2D eigenvalue weighted by molar-refractivity contribution is 0.0647. The molecule has 1 aliphatic rings. The Bertz CT molecular complexity index is 371. The molecule has 1 atom stereocenters. The van der Waals surface area contributed by atoms with Crippen LogP contribution in [0, 0.1) is 0 Å². The molecular formula is C15H21NO2. The van der Waals surface area contributed by atoms with E-state index in [1.54, 1.807) is 0 Å². The molecule has 0 bridgehead atoms. The lowest BCUT2D eigenvalue weighted by Gasteiger charge is -2.27. The molecule has 1 aliphatic heterocycles. The third-order valence-electron chi connectivity index (χ3n) is 3.28. The number of amides is 1. The van der Waals surface area contributed by atoms with E-state index < -0.39 is 0 Å². The van der Waals surface area contributed by atoms with Crippen molar-refractivity contribution in [2.24, 2.45) is 0 Å². The van der Waals surface area contributed by atoms with E-state index in [4.69, 9.17) is 4.74 Å². The summed E-state index contributed by atoms with van der Waals surface area (Å²) in [6, 6.07) is 10.1. The summed E-state index contributed by atoms with van der Waals surface area (Å²) in [5.41, 5.74) is 1.21. The third-order valence-corrected chi connectivity index (χ3v) is 3.28. The van der Waals surface area contributed by atoms with Crippen molar-refractivity contribution in [3.8, 4) is 0 Å². The summed E-state index contributed by atoms with van der Waals surface area (Å²) in [6.45, 7) is 3.64. The van der Waals surface area contributed by atoms with Crippen LogP contribution in [0.1, 0.15) is 31.7 Å². The van der Waals surface area contributed by atoms with Gasteiger partial charge in [0.15, 0.2) is 0 Å². The fourth-order valence-corrected chi connectivity index (χ4v) is 2.31. The number of hydrogen-bond acceptors (Lipinski definition) is 2. The molecule has 0 aromatic heterocycles. The van der Waals surface area contributed by atoms with Gasteiger partial charge in [0.2, 0.25) is 0 Å². The van der Waals surface area contributed by atoms with E-state index >= 15 is 0 Å². The number of piperidine rings is 1. The van der Waals surface area contributed by atoms with Crippen LogP contribution in [0.15, 0.2) is 30.3 Å². The van der Waals surface area contributed by atoms with Gasteiger partial charge in [0.25, 0.3) is 0 Å². The second-order valence-electron chi connectivity index (χ2n) is 4.93. The maximum Gasteiger partial charge on any atom is 0.410 e. The molecule has 0 saturated carbocycles. The second kappa shape index (κ2) is 6.43. The van der Waals surface area contributed by atoms with Crippen LogP contribution in [-0.2, 0) is 11.2 Å². The van der Waals surface area contributed by atoms with Crippen LogP contribution >= 0.6 is 0 Å². The Balaban J connectivity index is 1.79. The smallest absolute Gasteiger partial charge is 0.410 e. The molecule has 2 rings (SSSR count). The van der Waals surface area contributed by atoms with Crippen LogP contribution < -0.4 is 0 Å². The van der Waals surface area contributed by atoms with Crippen molar-refractivity contribution in [1.82, 2.24) is 4.90 Å². The molecular weight excluding hydrogens is 226 g/mol. The van der Waals surface area contributed by atoms with Crippen molar-refractivity contribution in [1.29, 1.82) is 0 Å². The highest BCUT2D eigenvalue weighted by Crippen LogP contribution is 2.12. The summed E-state index contributed by atoms with van der Waals surface area (Å²) >= 11 is 0. The summed E-state index contributed by atoms with van der Waals surface area (Å²) < 4.78 is 5.48. The highest BCUT2D eigenvalue weighted by atomic mass is 16.6. The van der Waals surface area contributed by atoms with Gasteiger partial charge >= 0.3 is 6.09 Å². The van der Waals surface area contributed by atoms with Crippen LogP contribution in [0.25, 0.3) is 0 Å². The zero-order valence-electron chi connectivity index (χ0n) is 11.0. The number of ether oxygens (including phenoxy) is 1. The van der Waals surface area contributed by atoms with Crippen molar-refractivity contribution < 1.29 is 9.53 Å². The molecule has 3 heteroatoms. The Hall–Kier alpha value is -1.51. The first-order chi connectivity index (χ1) is 8.75. The molecule has 1 amide bonds. The topological polar surface area (TPSA) is 29.5 Å². The number of likely N-dealkylation sites (tertiary alicyclic amines) is 1. The van der Waals surface area contributed by atoms with Crippen LogP contribution in [0.4, 0.5) is 4.79 Å². The normalized spacial score (nSPS) is 17.3. The molecule has 98 valence electrons.